The quantitative estimate of drug-likeness (QED) is 0.316. The first-order valence-electron chi connectivity index (χ1n) is 9.35. The summed E-state index contributed by atoms with van der Waals surface area (Å²) < 4.78 is 17.8. The number of hydrogen-bond acceptors (Lipinski definition) is 8. The van der Waals surface area contributed by atoms with Gasteiger partial charge in [0.2, 0.25) is 0 Å². The molecule has 11 heteroatoms. The second-order valence-corrected chi connectivity index (χ2v) is 7.46. The summed E-state index contributed by atoms with van der Waals surface area (Å²) in [5.74, 6) is 0.946. The number of nitrogens with one attached hydrogen (secondary N) is 1. The van der Waals surface area contributed by atoms with Crippen LogP contribution in [0.4, 0.5) is 5.69 Å². The maximum Gasteiger partial charge on any atom is 0.284 e. The zero-order valence-electron chi connectivity index (χ0n) is 17.1. The summed E-state index contributed by atoms with van der Waals surface area (Å²) in [7, 11) is 3.06. The highest BCUT2D eigenvalue weighted by atomic mass is 32.1. The molecule has 0 aliphatic heterocycles. The molecule has 0 aliphatic carbocycles. The van der Waals surface area contributed by atoms with Gasteiger partial charge in [-0.05, 0) is 17.5 Å². The van der Waals surface area contributed by atoms with Crippen molar-refractivity contribution in [3.05, 3.63) is 74.7 Å². The molecule has 2 aromatic heterocycles. The third-order valence-corrected chi connectivity index (χ3v) is 5.58. The lowest BCUT2D eigenvalue weighted by Crippen LogP contribution is -2.21. The fourth-order valence-corrected chi connectivity index (χ4v) is 3.85. The van der Waals surface area contributed by atoms with Gasteiger partial charge >= 0.3 is 0 Å². The number of nitro benzene ring substituents is 1. The summed E-state index contributed by atoms with van der Waals surface area (Å²) >= 11 is 1.19. The van der Waals surface area contributed by atoms with Gasteiger partial charge < -0.3 is 14.2 Å². The number of ether oxygens (including phenoxy) is 3. The molecular weight excluding hydrogens is 436 g/mol. The van der Waals surface area contributed by atoms with Gasteiger partial charge in [-0.15, -0.1) is 11.3 Å². The van der Waals surface area contributed by atoms with Crippen LogP contribution in [0.5, 0.6) is 17.2 Å². The van der Waals surface area contributed by atoms with Gasteiger partial charge in [0.25, 0.3) is 11.6 Å². The van der Waals surface area contributed by atoms with Crippen LogP contribution >= 0.6 is 11.3 Å². The molecule has 1 N–H and O–H groups in total. The van der Waals surface area contributed by atoms with Crippen LogP contribution in [-0.2, 0) is 6.61 Å². The van der Waals surface area contributed by atoms with Crippen molar-refractivity contribution in [1.29, 1.82) is 0 Å². The van der Waals surface area contributed by atoms with Crippen molar-refractivity contribution >= 4 is 34.0 Å². The molecule has 164 valence electrons. The molecular formula is C21H18N4O6S. The topological polar surface area (TPSA) is 118 Å². The summed E-state index contributed by atoms with van der Waals surface area (Å²) in [6.07, 6.45) is 1.48. The van der Waals surface area contributed by atoms with Crippen molar-refractivity contribution in [2.75, 3.05) is 19.6 Å². The van der Waals surface area contributed by atoms with Gasteiger partial charge in [-0.25, -0.2) is 9.66 Å². The highest BCUT2D eigenvalue weighted by molar-refractivity contribution is 7.12. The number of nitro groups is 1. The second kappa shape index (κ2) is 8.94. The third-order valence-electron chi connectivity index (χ3n) is 4.68. The first-order valence-corrected chi connectivity index (χ1v) is 10.2. The van der Waals surface area contributed by atoms with Crippen molar-refractivity contribution in [3.8, 4) is 17.2 Å². The van der Waals surface area contributed by atoms with Gasteiger partial charge in [-0.1, -0.05) is 12.1 Å². The van der Waals surface area contributed by atoms with Crippen LogP contribution in [0.1, 0.15) is 15.2 Å². The zero-order chi connectivity index (χ0) is 22.7. The number of amides is 1. The Kier molecular flexibility index (Phi) is 5.90. The summed E-state index contributed by atoms with van der Waals surface area (Å²) in [5.41, 5.74) is 4.37. The average molecular weight is 454 g/mol. The smallest absolute Gasteiger partial charge is 0.284 e. The summed E-state index contributed by atoms with van der Waals surface area (Å²) in [6.45, 7) is -0.0425. The molecule has 32 heavy (non-hydrogen) atoms. The molecule has 0 aliphatic rings. The van der Waals surface area contributed by atoms with E-state index in [1.54, 1.807) is 41.8 Å². The summed E-state index contributed by atoms with van der Waals surface area (Å²) in [5, 5.41) is 12.9. The number of rotatable bonds is 8. The Hall–Kier alpha value is -4.12. The first-order chi connectivity index (χ1) is 15.5. The molecule has 10 nitrogen and oxygen atoms in total. The molecule has 0 saturated heterocycles. The van der Waals surface area contributed by atoms with E-state index in [1.807, 2.05) is 0 Å². The Balaban J connectivity index is 1.54. The van der Waals surface area contributed by atoms with E-state index in [2.05, 4.69) is 10.4 Å². The van der Waals surface area contributed by atoms with Gasteiger partial charge in [0.1, 0.15) is 23.6 Å². The van der Waals surface area contributed by atoms with Crippen molar-refractivity contribution in [3.63, 3.8) is 0 Å². The lowest BCUT2D eigenvalue weighted by Gasteiger charge is -2.11. The predicted octanol–water partition coefficient (Wildman–Crippen LogP) is 3.99. The van der Waals surface area contributed by atoms with E-state index >= 15 is 0 Å². The molecule has 4 aromatic rings. The van der Waals surface area contributed by atoms with Crippen molar-refractivity contribution in [1.82, 2.24) is 9.66 Å². The number of aromatic nitrogens is 2. The molecule has 0 saturated carbocycles. The second-order valence-electron chi connectivity index (χ2n) is 6.54. The third kappa shape index (κ3) is 4.05. The van der Waals surface area contributed by atoms with Crippen LogP contribution in [0.15, 0.2) is 54.2 Å². The van der Waals surface area contributed by atoms with Gasteiger partial charge in [0.15, 0.2) is 11.5 Å². The zero-order valence-corrected chi connectivity index (χ0v) is 17.9. The first kappa shape index (κ1) is 21.1. The highest BCUT2D eigenvalue weighted by Gasteiger charge is 2.19. The molecule has 0 radical (unpaired) electrons. The molecule has 0 unspecified atom stereocenters. The minimum atomic E-state index is -0.465. The Morgan fingerprint density at radius 1 is 1.16 bits per heavy atom. The number of imidazole rings is 1. The van der Waals surface area contributed by atoms with Crippen LogP contribution in [0.2, 0.25) is 0 Å². The Morgan fingerprint density at radius 3 is 2.66 bits per heavy atom. The lowest BCUT2D eigenvalue weighted by atomic mass is 10.2. The van der Waals surface area contributed by atoms with Crippen LogP contribution < -0.4 is 19.6 Å². The molecule has 0 atom stereocenters. The monoisotopic (exact) mass is 454 g/mol. The van der Waals surface area contributed by atoms with E-state index in [0.29, 0.717) is 38.7 Å². The van der Waals surface area contributed by atoms with Gasteiger partial charge in [-0.2, -0.15) is 0 Å². The minimum absolute atomic E-state index is 0.0389. The largest absolute Gasteiger partial charge is 0.493 e. The SMILES string of the molecule is COc1cc2ncn(NC(=O)c3sccc3OCc3ccccc3[N+](=O)[O-])c2cc1OC. The van der Waals surface area contributed by atoms with Gasteiger partial charge in [0, 0.05) is 18.2 Å². The Morgan fingerprint density at radius 2 is 1.91 bits per heavy atom. The number of nitrogens with zero attached hydrogens (tertiary/aromatic N) is 3. The fraction of sp³-hybridized carbons (Fsp3) is 0.143. The Bertz CT molecular complexity index is 1300. The van der Waals surface area contributed by atoms with E-state index in [4.69, 9.17) is 14.2 Å². The standard InChI is InChI=1S/C21H18N4O6S/c1-29-18-9-14-16(10-19(18)30-2)24(12-22-14)23-21(26)20-17(7-8-32-20)31-11-13-5-3-4-6-15(13)25(27)28/h3-10,12H,11H2,1-2H3,(H,23,26). The summed E-state index contributed by atoms with van der Waals surface area (Å²) in [4.78, 5) is 28.2. The molecule has 0 spiro atoms. The molecule has 4 rings (SSSR count). The molecule has 2 aromatic carbocycles. The van der Waals surface area contributed by atoms with Crippen molar-refractivity contribution in [2.24, 2.45) is 0 Å². The Labute approximate surface area is 186 Å². The van der Waals surface area contributed by atoms with E-state index in [9.17, 15) is 14.9 Å². The van der Waals surface area contributed by atoms with Gasteiger partial charge in [0.05, 0.1) is 35.7 Å². The van der Waals surface area contributed by atoms with Gasteiger partial charge in [-0.3, -0.25) is 20.3 Å². The number of methoxy groups -OCH3 is 2. The number of fused-ring (bicyclic) bond motifs is 1. The number of benzene rings is 2. The van der Waals surface area contributed by atoms with Crippen LogP contribution in [0.25, 0.3) is 11.0 Å². The molecule has 0 bridgehead atoms. The highest BCUT2D eigenvalue weighted by Crippen LogP contribution is 2.32. The normalized spacial score (nSPS) is 10.7. The number of thiophene rings is 1. The molecule has 1 amide bonds. The number of carbonyl (C=O) groups excluding carboxylic acids is 1. The van der Waals surface area contributed by atoms with E-state index in [1.165, 1.54) is 42.6 Å². The van der Waals surface area contributed by atoms with Crippen LogP contribution in [0, 0.1) is 10.1 Å². The molecule has 2 heterocycles. The fourth-order valence-electron chi connectivity index (χ4n) is 3.13. The minimum Gasteiger partial charge on any atom is -0.493 e. The van der Waals surface area contributed by atoms with Crippen LogP contribution in [0.3, 0.4) is 0 Å². The van der Waals surface area contributed by atoms with E-state index in [-0.39, 0.29) is 12.3 Å². The van der Waals surface area contributed by atoms with Crippen molar-refractivity contribution in [2.45, 2.75) is 6.61 Å². The maximum absolute atomic E-state index is 12.9. The average Bonchev–Trinajstić information content (AvgIpc) is 3.43. The number of carbonyl (C=O) groups is 1. The van der Waals surface area contributed by atoms with Crippen molar-refractivity contribution < 1.29 is 23.9 Å². The van der Waals surface area contributed by atoms with E-state index in [0.717, 1.165) is 0 Å². The maximum atomic E-state index is 12.9. The number of hydrogen-bond donors (Lipinski definition) is 1. The lowest BCUT2D eigenvalue weighted by molar-refractivity contribution is -0.385. The number of para-hydroxylation sites is 1. The molecule has 0 fully saturated rings. The summed E-state index contributed by atoms with van der Waals surface area (Å²) in [6, 6.07) is 11.4. The van der Waals surface area contributed by atoms with Crippen LogP contribution in [-0.4, -0.2) is 34.7 Å². The predicted molar refractivity (Wildman–Crippen MR) is 118 cm³/mol. The van der Waals surface area contributed by atoms with E-state index < -0.39 is 10.8 Å².